The Morgan fingerprint density at radius 2 is 1.90 bits per heavy atom. The van der Waals surface area contributed by atoms with E-state index in [9.17, 15) is 4.79 Å². The highest BCUT2D eigenvalue weighted by molar-refractivity contribution is 6.05. The number of aromatic nitrogens is 4. The Morgan fingerprint density at radius 1 is 1.03 bits per heavy atom. The average molecular weight is 389 g/mol. The molecule has 146 valence electrons. The topological polar surface area (TPSA) is 91.2 Å². The van der Waals surface area contributed by atoms with Crippen LogP contribution in [0.5, 0.6) is 5.75 Å². The van der Waals surface area contributed by atoms with Gasteiger partial charge in [0.2, 0.25) is 0 Å². The van der Waals surface area contributed by atoms with E-state index in [0.717, 1.165) is 11.2 Å². The molecule has 0 radical (unpaired) electrons. The molecule has 0 aliphatic rings. The van der Waals surface area contributed by atoms with Gasteiger partial charge in [-0.1, -0.05) is 0 Å². The van der Waals surface area contributed by atoms with Crippen LogP contribution in [0.3, 0.4) is 0 Å². The molecule has 4 rings (SSSR count). The predicted molar refractivity (Wildman–Crippen MR) is 108 cm³/mol. The van der Waals surface area contributed by atoms with Crippen LogP contribution in [-0.4, -0.2) is 45.7 Å². The first-order valence-electron chi connectivity index (χ1n) is 9.00. The van der Waals surface area contributed by atoms with Crippen LogP contribution < -0.4 is 10.1 Å². The Labute approximate surface area is 167 Å². The summed E-state index contributed by atoms with van der Waals surface area (Å²) < 4.78 is 12.6. The van der Waals surface area contributed by atoms with Crippen molar-refractivity contribution in [3.8, 4) is 11.4 Å². The van der Waals surface area contributed by atoms with Crippen molar-refractivity contribution in [2.45, 2.75) is 0 Å². The third kappa shape index (κ3) is 4.39. The van der Waals surface area contributed by atoms with Gasteiger partial charge >= 0.3 is 0 Å². The highest BCUT2D eigenvalue weighted by Crippen LogP contribution is 2.22. The maximum Gasteiger partial charge on any atom is 0.255 e. The zero-order chi connectivity index (χ0) is 20.1. The zero-order valence-electron chi connectivity index (χ0n) is 15.8. The van der Waals surface area contributed by atoms with E-state index in [4.69, 9.17) is 9.47 Å². The van der Waals surface area contributed by atoms with Crippen LogP contribution in [0.4, 0.5) is 5.69 Å². The van der Waals surface area contributed by atoms with Crippen LogP contribution >= 0.6 is 0 Å². The monoisotopic (exact) mass is 389 g/mol. The molecule has 29 heavy (non-hydrogen) atoms. The molecular formula is C21H19N5O3. The first-order chi connectivity index (χ1) is 14.2. The Morgan fingerprint density at radius 3 is 2.69 bits per heavy atom. The zero-order valence-corrected chi connectivity index (χ0v) is 15.8. The molecule has 0 spiro atoms. The second-order valence-corrected chi connectivity index (χ2v) is 6.24. The second-order valence-electron chi connectivity index (χ2n) is 6.24. The second kappa shape index (κ2) is 8.49. The van der Waals surface area contributed by atoms with E-state index in [-0.39, 0.29) is 5.91 Å². The van der Waals surface area contributed by atoms with Crippen molar-refractivity contribution in [3.63, 3.8) is 0 Å². The van der Waals surface area contributed by atoms with E-state index < -0.39 is 0 Å². The molecule has 0 atom stereocenters. The Bertz CT molecular complexity index is 1130. The Balaban J connectivity index is 1.61. The van der Waals surface area contributed by atoms with Gasteiger partial charge in [-0.2, -0.15) is 0 Å². The minimum atomic E-state index is -0.258. The Kier molecular flexibility index (Phi) is 5.44. The summed E-state index contributed by atoms with van der Waals surface area (Å²) in [5.41, 5.74) is 3.34. The van der Waals surface area contributed by atoms with E-state index in [1.54, 1.807) is 62.5 Å². The molecule has 8 heteroatoms. The predicted octanol–water partition coefficient (Wildman–Crippen LogP) is 3.09. The number of hydrogen-bond acceptors (Lipinski definition) is 6. The lowest BCUT2D eigenvalue weighted by Gasteiger charge is -2.12. The molecule has 4 aromatic rings. The van der Waals surface area contributed by atoms with Crippen molar-refractivity contribution < 1.29 is 14.3 Å². The number of imidazole rings is 1. The van der Waals surface area contributed by atoms with Gasteiger partial charge in [0.05, 0.1) is 29.7 Å². The van der Waals surface area contributed by atoms with Crippen LogP contribution in [0.25, 0.3) is 16.7 Å². The highest BCUT2D eigenvalue weighted by Gasteiger charge is 2.12. The van der Waals surface area contributed by atoms with Crippen molar-refractivity contribution in [2.24, 2.45) is 0 Å². The van der Waals surface area contributed by atoms with Gasteiger partial charge in [0, 0.05) is 49.2 Å². The molecular weight excluding hydrogens is 370 g/mol. The minimum absolute atomic E-state index is 0.258. The third-order valence-corrected chi connectivity index (χ3v) is 4.24. The standard InChI is InChI=1S/C21H19N5O3/c1-28-8-9-29-18-11-15(10-17(13-18)26-7-6-22-14-26)21(27)25-16-2-3-19-20(12-16)24-5-4-23-19/h2-7,10-14H,8-9H2,1H3,(H,25,27). The van der Waals surface area contributed by atoms with Crippen LogP contribution in [0.2, 0.25) is 0 Å². The molecule has 1 amide bonds. The molecule has 0 bridgehead atoms. The first kappa shape index (κ1) is 18.6. The maximum absolute atomic E-state index is 12.9. The summed E-state index contributed by atoms with van der Waals surface area (Å²) in [5.74, 6) is 0.314. The van der Waals surface area contributed by atoms with Gasteiger partial charge < -0.3 is 19.4 Å². The van der Waals surface area contributed by atoms with Gasteiger partial charge in [-0.15, -0.1) is 0 Å². The van der Waals surface area contributed by atoms with Crippen LogP contribution in [-0.2, 0) is 4.74 Å². The first-order valence-corrected chi connectivity index (χ1v) is 9.00. The van der Waals surface area contributed by atoms with E-state index in [1.807, 2.05) is 16.7 Å². The molecule has 2 aromatic heterocycles. The fourth-order valence-corrected chi connectivity index (χ4v) is 2.85. The van der Waals surface area contributed by atoms with Crippen LogP contribution in [0.15, 0.2) is 67.5 Å². The maximum atomic E-state index is 12.9. The number of ether oxygens (including phenoxy) is 2. The summed E-state index contributed by atoms with van der Waals surface area (Å²) in [6.45, 7) is 0.837. The fourth-order valence-electron chi connectivity index (χ4n) is 2.85. The lowest BCUT2D eigenvalue weighted by molar-refractivity contribution is 0.102. The number of methoxy groups -OCH3 is 1. The molecule has 8 nitrogen and oxygen atoms in total. The lowest BCUT2D eigenvalue weighted by atomic mass is 10.1. The number of rotatable bonds is 7. The van der Waals surface area contributed by atoms with Crippen molar-refractivity contribution in [1.82, 2.24) is 19.5 Å². The summed E-state index contributed by atoms with van der Waals surface area (Å²) in [6.07, 6.45) is 8.39. The number of amides is 1. The summed E-state index contributed by atoms with van der Waals surface area (Å²) in [4.78, 5) is 25.5. The summed E-state index contributed by atoms with van der Waals surface area (Å²) >= 11 is 0. The molecule has 0 aliphatic heterocycles. The molecule has 0 unspecified atom stereocenters. The van der Waals surface area contributed by atoms with Crippen molar-refractivity contribution in [3.05, 3.63) is 73.1 Å². The molecule has 0 saturated heterocycles. The number of benzene rings is 2. The van der Waals surface area contributed by atoms with Crippen LogP contribution in [0, 0.1) is 0 Å². The summed E-state index contributed by atoms with van der Waals surface area (Å²) in [6, 6.07) is 10.7. The van der Waals surface area contributed by atoms with Crippen LogP contribution in [0.1, 0.15) is 10.4 Å². The van der Waals surface area contributed by atoms with Gasteiger partial charge in [0.15, 0.2) is 0 Å². The van der Waals surface area contributed by atoms with Gasteiger partial charge in [-0.3, -0.25) is 14.8 Å². The average Bonchev–Trinajstić information content (AvgIpc) is 3.29. The molecule has 2 heterocycles. The van der Waals surface area contributed by atoms with Gasteiger partial charge in [0.1, 0.15) is 12.4 Å². The summed E-state index contributed by atoms with van der Waals surface area (Å²) in [7, 11) is 1.61. The number of nitrogens with zero attached hydrogens (tertiary/aromatic N) is 4. The summed E-state index contributed by atoms with van der Waals surface area (Å²) in [5, 5.41) is 2.91. The molecule has 1 N–H and O–H groups in total. The third-order valence-electron chi connectivity index (χ3n) is 4.24. The van der Waals surface area contributed by atoms with E-state index in [0.29, 0.717) is 35.7 Å². The van der Waals surface area contributed by atoms with Crippen molar-refractivity contribution in [1.29, 1.82) is 0 Å². The normalized spacial score (nSPS) is 10.8. The number of nitrogens with one attached hydrogen (secondary N) is 1. The number of carbonyl (C=O) groups excluding carboxylic acids is 1. The number of carbonyl (C=O) groups is 1. The van der Waals surface area contributed by atoms with Gasteiger partial charge in [0.25, 0.3) is 5.91 Å². The van der Waals surface area contributed by atoms with Gasteiger partial charge in [-0.05, 0) is 30.3 Å². The fraction of sp³-hybridized carbons (Fsp3) is 0.143. The lowest BCUT2D eigenvalue weighted by Crippen LogP contribution is -2.13. The molecule has 0 fully saturated rings. The van der Waals surface area contributed by atoms with Gasteiger partial charge in [-0.25, -0.2) is 4.98 Å². The van der Waals surface area contributed by atoms with E-state index in [2.05, 4.69) is 20.3 Å². The van der Waals surface area contributed by atoms with E-state index >= 15 is 0 Å². The molecule has 2 aromatic carbocycles. The van der Waals surface area contributed by atoms with Crippen molar-refractivity contribution in [2.75, 3.05) is 25.6 Å². The smallest absolute Gasteiger partial charge is 0.255 e. The quantitative estimate of drug-likeness (QED) is 0.489. The van der Waals surface area contributed by atoms with E-state index in [1.165, 1.54) is 0 Å². The SMILES string of the molecule is COCCOc1cc(C(=O)Nc2ccc3nccnc3c2)cc(-n2ccnc2)c1. The largest absolute Gasteiger partial charge is 0.491 e. The highest BCUT2D eigenvalue weighted by atomic mass is 16.5. The van der Waals surface area contributed by atoms with Crippen molar-refractivity contribution >= 4 is 22.6 Å². The number of anilines is 1. The minimum Gasteiger partial charge on any atom is -0.491 e. The molecule has 0 saturated carbocycles. The Hall–Kier alpha value is -3.78. The number of fused-ring (bicyclic) bond motifs is 1. The number of hydrogen-bond donors (Lipinski definition) is 1. The molecule has 0 aliphatic carbocycles.